The van der Waals surface area contributed by atoms with Gasteiger partial charge < -0.3 is 93.0 Å². The van der Waals surface area contributed by atoms with Crippen LogP contribution in [0.5, 0.6) is 0 Å². The normalized spacial score (nSPS) is 43.0. The second kappa shape index (κ2) is 16.0. The number of hydrogen-bond donors (Lipinski definition) is 14. The SMILES string of the molecule is CCC(O)(N=C(N)N)C(=O)N[C@@H]1C[C@H](N)C(O[C@H]2O[C@H](CNCCO)[C@@H](O)[C@H](O)[C@H]2O)[C@H](O)[C@H]1O[C@H]1OC[C@](C)(O)[C@H](NC)[C@H]1O. The van der Waals surface area contributed by atoms with Crippen LogP contribution in [-0.2, 0) is 23.7 Å². The first-order valence-electron chi connectivity index (χ1n) is 15.1. The molecule has 0 aromatic carbocycles. The molecule has 0 spiro atoms. The lowest BCUT2D eigenvalue weighted by molar-refractivity contribution is -0.331. The quantitative estimate of drug-likeness (QED) is 0.0491. The van der Waals surface area contributed by atoms with Crippen molar-refractivity contribution < 1.29 is 64.6 Å². The van der Waals surface area contributed by atoms with Gasteiger partial charge in [0.25, 0.3) is 5.91 Å². The Morgan fingerprint density at radius 1 is 1.04 bits per heavy atom. The number of nitrogens with one attached hydrogen (secondary N) is 3. The fourth-order valence-corrected chi connectivity index (χ4v) is 5.92. The second-order valence-electron chi connectivity index (χ2n) is 12.1. The average Bonchev–Trinajstić information content (AvgIpc) is 2.98. The highest BCUT2D eigenvalue weighted by Crippen LogP contribution is 2.33. The lowest BCUT2D eigenvalue weighted by Crippen LogP contribution is -2.70. The van der Waals surface area contributed by atoms with E-state index in [2.05, 4.69) is 20.9 Å². The molecule has 2 heterocycles. The molecule has 1 amide bonds. The number of nitrogens with two attached hydrogens (primary N) is 3. The van der Waals surface area contributed by atoms with Crippen LogP contribution < -0.4 is 33.2 Å². The molecule has 0 aromatic heterocycles. The zero-order valence-electron chi connectivity index (χ0n) is 26.0. The summed E-state index contributed by atoms with van der Waals surface area (Å²) in [5, 5.41) is 92.8. The number of aliphatic hydroxyl groups is 8. The molecule has 20 nitrogen and oxygen atoms in total. The summed E-state index contributed by atoms with van der Waals surface area (Å²) in [6, 6.07) is -3.20. The number of nitrogens with zero attached hydrogens (tertiary/aromatic N) is 1. The molecule has 1 saturated carbocycles. The Hall–Kier alpha value is -1.86. The Morgan fingerprint density at radius 3 is 2.28 bits per heavy atom. The van der Waals surface area contributed by atoms with Crippen molar-refractivity contribution in [2.45, 2.75) is 118 Å². The predicted octanol–water partition coefficient (Wildman–Crippen LogP) is -7.85. The van der Waals surface area contributed by atoms with Gasteiger partial charge in [-0.3, -0.25) is 4.79 Å². The molecule has 268 valence electrons. The van der Waals surface area contributed by atoms with E-state index in [1.165, 1.54) is 20.9 Å². The Kier molecular flexibility index (Phi) is 13.4. The maximum Gasteiger partial charge on any atom is 0.275 e. The lowest BCUT2D eigenvalue weighted by atomic mass is 9.83. The van der Waals surface area contributed by atoms with Gasteiger partial charge in [-0.2, -0.15) is 0 Å². The molecule has 0 bridgehead atoms. The van der Waals surface area contributed by atoms with E-state index in [-0.39, 0.29) is 39.1 Å². The minimum Gasteiger partial charge on any atom is -0.395 e. The summed E-state index contributed by atoms with van der Waals surface area (Å²) in [6.45, 7) is 2.53. The summed E-state index contributed by atoms with van der Waals surface area (Å²) in [5.74, 6) is -1.61. The summed E-state index contributed by atoms with van der Waals surface area (Å²) in [7, 11) is 1.51. The first-order valence-corrected chi connectivity index (χ1v) is 15.1. The van der Waals surface area contributed by atoms with Crippen molar-refractivity contribution in [2.75, 3.05) is 33.4 Å². The molecule has 0 radical (unpaired) electrons. The van der Waals surface area contributed by atoms with Crippen LogP contribution in [0.3, 0.4) is 0 Å². The van der Waals surface area contributed by atoms with Crippen molar-refractivity contribution in [3.05, 3.63) is 0 Å². The van der Waals surface area contributed by atoms with Crippen LogP contribution in [0.1, 0.15) is 26.7 Å². The topological polar surface area (TPSA) is 342 Å². The number of aliphatic imine (C=N–C) groups is 1. The Morgan fingerprint density at radius 2 is 1.70 bits per heavy atom. The van der Waals surface area contributed by atoms with E-state index in [1.807, 2.05) is 0 Å². The van der Waals surface area contributed by atoms with Gasteiger partial charge in [0.2, 0.25) is 5.72 Å². The molecule has 2 unspecified atom stereocenters. The molecule has 15 atom stereocenters. The molecule has 3 aliphatic rings. The van der Waals surface area contributed by atoms with E-state index < -0.39 is 103 Å². The van der Waals surface area contributed by atoms with Crippen LogP contribution in [0.25, 0.3) is 0 Å². The number of likely N-dealkylation sites (N-methyl/N-ethyl adjacent to an activating group) is 1. The molecular weight excluding hydrogens is 618 g/mol. The maximum atomic E-state index is 13.2. The highest BCUT2D eigenvalue weighted by Gasteiger charge is 2.53. The standard InChI is InChI=1S/C26H51N7O13/c1-4-26(42,33-24(28)29)23(40)32-11-7-10(27)18(45-22-15(37)14(36)13(35)12(44-22)8-31-5-6-34)16(38)19(11)46-21-17(39)20(30-3)25(2,41)9-43-21/h10-22,30-31,34-39,41-42H,4-9,27H2,1-3H3,(H,32,40)(H4,28,29,33)/t10-,11+,12+,13+,14-,15+,16-,17+,18?,19-,20+,21+,22+,25-,26?/m0/s1. The average molecular weight is 670 g/mol. The van der Waals surface area contributed by atoms with Gasteiger partial charge in [0.1, 0.15) is 54.4 Å². The number of guanidine groups is 1. The van der Waals surface area contributed by atoms with E-state index in [0.717, 1.165) is 0 Å². The van der Waals surface area contributed by atoms with Gasteiger partial charge in [-0.1, -0.05) is 6.92 Å². The third-order valence-electron chi connectivity index (χ3n) is 8.53. The smallest absolute Gasteiger partial charge is 0.275 e. The second-order valence-corrected chi connectivity index (χ2v) is 12.1. The predicted molar refractivity (Wildman–Crippen MR) is 157 cm³/mol. The van der Waals surface area contributed by atoms with E-state index in [0.29, 0.717) is 0 Å². The van der Waals surface area contributed by atoms with Crippen molar-refractivity contribution >= 4 is 11.9 Å². The first-order chi connectivity index (χ1) is 21.5. The third kappa shape index (κ3) is 8.59. The molecule has 20 heteroatoms. The summed E-state index contributed by atoms with van der Waals surface area (Å²) < 4.78 is 23.2. The highest BCUT2D eigenvalue weighted by atomic mass is 16.7. The summed E-state index contributed by atoms with van der Waals surface area (Å²) >= 11 is 0. The zero-order chi connectivity index (χ0) is 34.6. The highest BCUT2D eigenvalue weighted by molar-refractivity contribution is 5.88. The minimum absolute atomic E-state index is 0.0338. The van der Waals surface area contributed by atoms with Crippen molar-refractivity contribution in [1.29, 1.82) is 0 Å². The Labute approximate surface area is 265 Å². The molecule has 17 N–H and O–H groups in total. The third-order valence-corrected chi connectivity index (χ3v) is 8.53. The van der Waals surface area contributed by atoms with Gasteiger partial charge in [0.05, 0.1) is 25.3 Å². The van der Waals surface area contributed by atoms with E-state index >= 15 is 0 Å². The molecule has 2 aliphatic heterocycles. The van der Waals surface area contributed by atoms with E-state index in [1.54, 1.807) is 0 Å². The number of hydrogen-bond acceptors (Lipinski definition) is 17. The molecule has 0 aromatic rings. The monoisotopic (exact) mass is 669 g/mol. The molecule has 3 fully saturated rings. The Bertz CT molecular complexity index is 1030. The van der Waals surface area contributed by atoms with Gasteiger partial charge in [-0.25, -0.2) is 4.99 Å². The lowest BCUT2D eigenvalue weighted by Gasteiger charge is -2.49. The van der Waals surface area contributed by atoms with Crippen LogP contribution in [0.2, 0.25) is 0 Å². The van der Waals surface area contributed by atoms with Crippen molar-refractivity contribution in [3.8, 4) is 0 Å². The molecule has 2 saturated heterocycles. The fraction of sp³-hybridized carbons (Fsp3) is 0.923. The molecule has 46 heavy (non-hydrogen) atoms. The number of aliphatic hydroxyl groups excluding tert-OH is 6. The van der Waals surface area contributed by atoms with Crippen molar-refractivity contribution in [3.63, 3.8) is 0 Å². The van der Waals surface area contributed by atoms with Crippen LogP contribution in [0, 0.1) is 0 Å². The number of carbonyl (C=O) groups excluding carboxylic acids is 1. The molecule has 1 aliphatic carbocycles. The van der Waals surface area contributed by atoms with Gasteiger partial charge in [0.15, 0.2) is 18.5 Å². The Balaban J connectivity index is 1.89. The number of ether oxygens (including phenoxy) is 4. The largest absolute Gasteiger partial charge is 0.395 e. The summed E-state index contributed by atoms with van der Waals surface area (Å²) in [4.78, 5) is 16.8. The van der Waals surface area contributed by atoms with E-state index in [9.17, 15) is 40.5 Å². The van der Waals surface area contributed by atoms with Gasteiger partial charge >= 0.3 is 0 Å². The maximum absolute atomic E-state index is 13.2. The van der Waals surface area contributed by atoms with Gasteiger partial charge in [-0.15, -0.1) is 0 Å². The van der Waals surface area contributed by atoms with Crippen molar-refractivity contribution in [1.82, 2.24) is 16.0 Å². The number of rotatable bonds is 13. The van der Waals surface area contributed by atoms with Gasteiger partial charge in [-0.05, 0) is 20.4 Å². The minimum atomic E-state index is -2.39. The van der Waals surface area contributed by atoms with Crippen LogP contribution in [0.15, 0.2) is 4.99 Å². The van der Waals surface area contributed by atoms with Crippen LogP contribution in [-0.4, -0.2) is 177 Å². The fourth-order valence-electron chi connectivity index (χ4n) is 5.92. The molecular formula is C26H51N7O13. The van der Waals surface area contributed by atoms with Crippen LogP contribution in [0.4, 0.5) is 0 Å². The van der Waals surface area contributed by atoms with Crippen molar-refractivity contribution in [2.24, 2.45) is 22.2 Å². The van der Waals surface area contributed by atoms with Gasteiger partial charge in [0, 0.05) is 25.6 Å². The number of carbonyl (C=O) groups is 1. The van der Waals surface area contributed by atoms with E-state index in [4.69, 9.17) is 41.3 Å². The first kappa shape index (κ1) is 38.6. The van der Waals surface area contributed by atoms with Crippen LogP contribution >= 0.6 is 0 Å². The summed E-state index contributed by atoms with van der Waals surface area (Å²) in [5.41, 5.74) is 13.3. The zero-order valence-corrected chi connectivity index (χ0v) is 26.0. The number of amides is 1. The summed E-state index contributed by atoms with van der Waals surface area (Å²) in [6.07, 6.45) is -15.6. The molecule has 3 rings (SSSR count).